The van der Waals surface area contributed by atoms with Crippen molar-refractivity contribution < 1.29 is 0 Å². The Morgan fingerprint density at radius 3 is 2.20 bits per heavy atom. The lowest BCUT2D eigenvalue weighted by molar-refractivity contribution is 0.964. The minimum absolute atomic E-state index is 0.929. The molecule has 2 aliphatic carbocycles. The molecule has 1 saturated carbocycles. The summed E-state index contributed by atoms with van der Waals surface area (Å²) >= 11 is 0. The summed E-state index contributed by atoms with van der Waals surface area (Å²) in [5.41, 5.74) is 2.77. The molecule has 0 spiro atoms. The van der Waals surface area contributed by atoms with E-state index in [1.54, 1.807) is 0 Å². The van der Waals surface area contributed by atoms with Crippen LogP contribution in [0.5, 0.6) is 0 Å². The first-order valence-corrected chi connectivity index (χ1v) is 5.64. The smallest absolute Gasteiger partial charge is 0.0159 e. The molecular formula is C15H18. The van der Waals surface area contributed by atoms with Crippen LogP contribution < -0.4 is 0 Å². The quantitative estimate of drug-likeness (QED) is 0.588. The molecule has 0 aromatic heterocycles. The second kappa shape index (κ2) is 4.48. The zero-order chi connectivity index (χ0) is 10.7. The van der Waals surface area contributed by atoms with E-state index in [-0.39, 0.29) is 0 Å². The van der Waals surface area contributed by atoms with Gasteiger partial charge < -0.3 is 0 Å². The van der Waals surface area contributed by atoms with Gasteiger partial charge >= 0.3 is 0 Å². The average molecular weight is 198 g/mol. The molecule has 2 aliphatic rings. The minimum Gasteiger partial charge on any atom is -0.0806 e. The van der Waals surface area contributed by atoms with Gasteiger partial charge in [0, 0.05) is 0 Å². The lowest BCUT2D eigenvalue weighted by Gasteiger charge is -1.96. The minimum atomic E-state index is 0.929. The number of aryl methyl sites for hydroxylation is 1. The standard InChI is InChI=1S/C8H10.C7H8/c1-6-2-3-7-5-8(7)4-6;1-7-5-3-2-4-6-7/h2-4,7-8H,5H2,1H3;2-6H,1H3. The van der Waals surface area contributed by atoms with E-state index >= 15 is 0 Å². The van der Waals surface area contributed by atoms with Crippen molar-refractivity contribution in [3.8, 4) is 0 Å². The van der Waals surface area contributed by atoms with Crippen LogP contribution in [0.15, 0.2) is 54.1 Å². The molecule has 0 amide bonds. The molecule has 0 N–H and O–H groups in total. The van der Waals surface area contributed by atoms with Gasteiger partial charge in [-0.25, -0.2) is 0 Å². The maximum Gasteiger partial charge on any atom is -0.0159 e. The predicted octanol–water partition coefficient (Wildman–Crippen LogP) is 4.13. The molecule has 2 atom stereocenters. The van der Waals surface area contributed by atoms with Crippen molar-refractivity contribution in [2.45, 2.75) is 20.3 Å². The first-order chi connectivity index (χ1) is 7.25. The third-order valence-electron chi connectivity index (χ3n) is 2.91. The van der Waals surface area contributed by atoms with Crippen molar-refractivity contribution >= 4 is 0 Å². The zero-order valence-electron chi connectivity index (χ0n) is 9.48. The van der Waals surface area contributed by atoms with Crippen LogP contribution >= 0.6 is 0 Å². The Morgan fingerprint density at radius 2 is 1.73 bits per heavy atom. The largest absolute Gasteiger partial charge is 0.0806 e. The number of rotatable bonds is 0. The summed E-state index contributed by atoms with van der Waals surface area (Å²) in [5.74, 6) is 1.86. The topological polar surface area (TPSA) is 0 Å². The second-order valence-electron chi connectivity index (χ2n) is 4.49. The first kappa shape index (κ1) is 10.2. The van der Waals surface area contributed by atoms with Crippen LogP contribution in [0.2, 0.25) is 0 Å². The van der Waals surface area contributed by atoms with Crippen LogP contribution in [0.3, 0.4) is 0 Å². The molecular weight excluding hydrogens is 180 g/mol. The highest BCUT2D eigenvalue weighted by Crippen LogP contribution is 2.43. The van der Waals surface area contributed by atoms with E-state index in [2.05, 4.69) is 44.2 Å². The van der Waals surface area contributed by atoms with Gasteiger partial charge in [-0.2, -0.15) is 0 Å². The lowest BCUT2D eigenvalue weighted by atomic mass is 10.1. The fourth-order valence-electron chi connectivity index (χ4n) is 1.85. The molecule has 1 fully saturated rings. The number of hydrogen-bond donors (Lipinski definition) is 0. The predicted molar refractivity (Wildman–Crippen MR) is 65.7 cm³/mol. The monoisotopic (exact) mass is 198 g/mol. The Hall–Kier alpha value is -1.30. The number of benzene rings is 1. The summed E-state index contributed by atoms with van der Waals surface area (Å²) in [6, 6.07) is 10.3. The molecule has 0 bridgehead atoms. The third kappa shape index (κ3) is 3.09. The highest BCUT2D eigenvalue weighted by atomic mass is 14.4. The third-order valence-corrected chi connectivity index (χ3v) is 2.91. The van der Waals surface area contributed by atoms with Crippen molar-refractivity contribution in [2.75, 3.05) is 0 Å². The van der Waals surface area contributed by atoms with Gasteiger partial charge in [0.15, 0.2) is 0 Å². The zero-order valence-corrected chi connectivity index (χ0v) is 9.48. The van der Waals surface area contributed by atoms with Crippen LogP contribution in [0.4, 0.5) is 0 Å². The molecule has 1 aromatic rings. The molecule has 0 heteroatoms. The highest BCUT2D eigenvalue weighted by Gasteiger charge is 2.33. The summed E-state index contributed by atoms with van der Waals surface area (Å²) < 4.78 is 0. The van der Waals surface area contributed by atoms with Gasteiger partial charge in [-0.05, 0) is 32.1 Å². The molecule has 0 heterocycles. The SMILES string of the molecule is CC1=CC2CC2C=C1.Cc1ccccc1. The Kier molecular flexibility index (Phi) is 3.05. The Morgan fingerprint density at radius 1 is 1.00 bits per heavy atom. The van der Waals surface area contributed by atoms with E-state index < -0.39 is 0 Å². The fraction of sp³-hybridized carbons (Fsp3) is 0.333. The second-order valence-corrected chi connectivity index (χ2v) is 4.49. The van der Waals surface area contributed by atoms with Crippen LogP contribution in [0.25, 0.3) is 0 Å². The molecule has 3 rings (SSSR count). The van der Waals surface area contributed by atoms with Crippen LogP contribution in [-0.4, -0.2) is 0 Å². The first-order valence-electron chi connectivity index (χ1n) is 5.64. The summed E-state index contributed by atoms with van der Waals surface area (Å²) in [6.45, 7) is 4.26. The maximum absolute atomic E-state index is 2.38. The van der Waals surface area contributed by atoms with Gasteiger partial charge in [-0.3, -0.25) is 0 Å². The summed E-state index contributed by atoms with van der Waals surface area (Å²) in [5, 5.41) is 0. The molecule has 78 valence electrons. The number of allylic oxidation sites excluding steroid dienone is 4. The van der Waals surface area contributed by atoms with E-state index in [1.807, 2.05) is 18.2 Å². The van der Waals surface area contributed by atoms with E-state index in [0.717, 1.165) is 11.8 Å². The Balaban J connectivity index is 0.000000115. The van der Waals surface area contributed by atoms with Gasteiger partial charge in [-0.15, -0.1) is 0 Å². The summed E-state index contributed by atoms with van der Waals surface area (Å²) in [4.78, 5) is 0. The average Bonchev–Trinajstić information content (AvgIpc) is 2.98. The number of fused-ring (bicyclic) bond motifs is 1. The molecule has 0 radical (unpaired) electrons. The lowest BCUT2D eigenvalue weighted by Crippen LogP contribution is -1.81. The highest BCUT2D eigenvalue weighted by molar-refractivity contribution is 5.28. The molecule has 0 aliphatic heterocycles. The number of hydrogen-bond acceptors (Lipinski definition) is 0. The van der Waals surface area contributed by atoms with Gasteiger partial charge in [-0.1, -0.05) is 59.7 Å². The fourth-order valence-corrected chi connectivity index (χ4v) is 1.85. The van der Waals surface area contributed by atoms with Crippen molar-refractivity contribution in [3.05, 3.63) is 59.7 Å². The molecule has 1 aromatic carbocycles. The molecule has 0 nitrogen and oxygen atoms in total. The van der Waals surface area contributed by atoms with Crippen LogP contribution in [-0.2, 0) is 0 Å². The molecule has 0 saturated heterocycles. The van der Waals surface area contributed by atoms with Gasteiger partial charge in [0.05, 0.1) is 0 Å². The molecule has 15 heavy (non-hydrogen) atoms. The van der Waals surface area contributed by atoms with E-state index in [0.29, 0.717) is 0 Å². The maximum atomic E-state index is 2.38. The van der Waals surface area contributed by atoms with Crippen LogP contribution in [0.1, 0.15) is 18.9 Å². The van der Waals surface area contributed by atoms with Crippen LogP contribution in [0, 0.1) is 18.8 Å². The van der Waals surface area contributed by atoms with Crippen molar-refractivity contribution in [2.24, 2.45) is 11.8 Å². The van der Waals surface area contributed by atoms with Crippen molar-refractivity contribution in [3.63, 3.8) is 0 Å². The summed E-state index contributed by atoms with van der Waals surface area (Å²) in [7, 11) is 0. The van der Waals surface area contributed by atoms with Crippen molar-refractivity contribution in [1.82, 2.24) is 0 Å². The van der Waals surface area contributed by atoms with E-state index in [4.69, 9.17) is 0 Å². The normalized spacial score (nSPS) is 25.9. The van der Waals surface area contributed by atoms with E-state index in [9.17, 15) is 0 Å². The van der Waals surface area contributed by atoms with E-state index in [1.165, 1.54) is 17.6 Å². The Labute approximate surface area is 92.3 Å². The van der Waals surface area contributed by atoms with Gasteiger partial charge in [0.2, 0.25) is 0 Å². The van der Waals surface area contributed by atoms with Gasteiger partial charge in [0.1, 0.15) is 0 Å². The van der Waals surface area contributed by atoms with Gasteiger partial charge in [0.25, 0.3) is 0 Å². The Bertz CT molecular complexity index is 370. The van der Waals surface area contributed by atoms with Crippen molar-refractivity contribution in [1.29, 1.82) is 0 Å². The summed E-state index contributed by atoms with van der Waals surface area (Å²) in [6.07, 6.45) is 8.35. The molecule has 2 unspecified atom stereocenters.